The second-order valence-electron chi connectivity index (χ2n) is 13.2. The lowest BCUT2D eigenvalue weighted by Crippen LogP contribution is -2.45. The summed E-state index contributed by atoms with van der Waals surface area (Å²) in [6.45, 7) is 6.84. The van der Waals surface area contributed by atoms with Crippen LogP contribution in [0.4, 0.5) is 14.5 Å². The first kappa shape index (κ1) is 38.5. The fraction of sp³-hybridized carbons (Fsp3) is 0.389. The van der Waals surface area contributed by atoms with Crippen molar-refractivity contribution in [2.45, 2.75) is 63.6 Å². The van der Waals surface area contributed by atoms with E-state index >= 15 is 8.78 Å². The number of amides is 1. The molecule has 0 saturated carbocycles. The van der Waals surface area contributed by atoms with Gasteiger partial charge in [-0.15, -0.1) is 0 Å². The first-order valence-electron chi connectivity index (χ1n) is 15.7. The number of hydrogen-bond acceptors (Lipinski definition) is 9. The maximum absolute atomic E-state index is 16.0. The van der Waals surface area contributed by atoms with E-state index in [0.29, 0.717) is 0 Å². The molecule has 0 aliphatic carbocycles. The number of anilines is 1. The third-order valence-corrected chi connectivity index (χ3v) is 8.89. The van der Waals surface area contributed by atoms with Crippen LogP contribution in [0, 0.1) is 28.4 Å². The highest BCUT2D eigenvalue weighted by molar-refractivity contribution is 6.31. The Labute approximate surface area is 299 Å². The molecular formula is C36H38Cl2F2N4O6. The van der Waals surface area contributed by atoms with E-state index in [9.17, 15) is 19.6 Å². The van der Waals surface area contributed by atoms with Crippen LogP contribution in [-0.4, -0.2) is 56.3 Å². The lowest BCUT2D eigenvalue weighted by Gasteiger charge is -2.37. The van der Waals surface area contributed by atoms with Gasteiger partial charge in [-0.05, 0) is 60.7 Å². The van der Waals surface area contributed by atoms with Crippen LogP contribution in [-0.2, 0) is 24.5 Å². The Morgan fingerprint density at radius 2 is 1.78 bits per heavy atom. The number of ether oxygens (including phenoxy) is 3. The number of methoxy groups -OCH3 is 1. The minimum absolute atomic E-state index is 0.0569. The molecule has 0 bridgehead atoms. The van der Waals surface area contributed by atoms with Gasteiger partial charge in [-0.3, -0.25) is 9.59 Å². The van der Waals surface area contributed by atoms with E-state index in [2.05, 4.69) is 16.7 Å². The van der Waals surface area contributed by atoms with Crippen LogP contribution in [0.15, 0.2) is 54.6 Å². The van der Waals surface area contributed by atoms with Crippen LogP contribution in [0.1, 0.15) is 61.5 Å². The molecule has 3 aromatic carbocycles. The zero-order valence-electron chi connectivity index (χ0n) is 28.1. The number of halogens is 4. The van der Waals surface area contributed by atoms with Crippen molar-refractivity contribution < 1.29 is 37.4 Å². The SMILES string of the molecule is COc1cc(C(=O)OCCOC(=O)C(C)N)ccc1NC(=O)C1NC(CC(C)(C)C)C(C#N)(c2ccc(Cl)cc2F)C1c1cccc(Cl)c1F. The van der Waals surface area contributed by atoms with Gasteiger partial charge in [-0.2, -0.15) is 5.26 Å². The summed E-state index contributed by atoms with van der Waals surface area (Å²) < 4.78 is 47.4. The van der Waals surface area contributed by atoms with Gasteiger partial charge >= 0.3 is 11.9 Å². The van der Waals surface area contributed by atoms with Crippen molar-refractivity contribution >= 4 is 46.7 Å². The van der Waals surface area contributed by atoms with E-state index in [4.69, 9.17) is 43.1 Å². The fourth-order valence-corrected chi connectivity index (χ4v) is 6.52. The summed E-state index contributed by atoms with van der Waals surface area (Å²) in [4.78, 5) is 38.5. The molecular weight excluding hydrogens is 693 g/mol. The Balaban J connectivity index is 1.74. The van der Waals surface area contributed by atoms with Crippen molar-refractivity contribution in [2.75, 3.05) is 25.6 Å². The summed E-state index contributed by atoms with van der Waals surface area (Å²) in [7, 11) is 1.33. The van der Waals surface area contributed by atoms with Crippen LogP contribution in [0.2, 0.25) is 10.0 Å². The average molecular weight is 732 g/mol. The van der Waals surface area contributed by atoms with Crippen molar-refractivity contribution in [3.63, 3.8) is 0 Å². The van der Waals surface area contributed by atoms with Crippen molar-refractivity contribution in [2.24, 2.45) is 11.1 Å². The molecule has 4 N–H and O–H groups in total. The maximum Gasteiger partial charge on any atom is 0.338 e. The monoisotopic (exact) mass is 730 g/mol. The third kappa shape index (κ3) is 8.19. The Kier molecular flexibility index (Phi) is 12.1. The van der Waals surface area contributed by atoms with E-state index in [-0.39, 0.29) is 57.8 Å². The summed E-state index contributed by atoms with van der Waals surface area (Å²) in [5.41, 5.74) is 3.30. The smallest absolute Gasteiger partial charge is 0.338 e. The van der Waals surface area contributed by atoms with Crippen LogP contribution >= 0.6 is 23.2 Å². The van der Waals surface area contributed by atoms with Gasteiger partial charge in [0, 0.05) is 22.5 Å². The number of carbonyl (C=O) groups is 3. The van der Waals surface area contributed by atoms with Crippen molar-refractivity contribution in [3.8, 4) is 11.8 Å². The third-order valence-electron chi connectivity index (χ3n) is 8.36. The molecule has 10 nitrogen and oxygen atoms in total. The number of nitrogens with zero attached hydrogens (tertiary/aromatic N) is 1. The molecule has 0 radical (unpaired) electrons. The van der Waals surface area contributed by atoms with Gasteiger partial charge in [0.15, 0.2) is 0 Å². The Morgan fingerprint density at radius 3 is 2.40 bits per heavy atom. The number of hydrogen-bond donors (Lipinski definition) is 3. The van der Waals surface area contributed by atoms with E-state index in [1.165, 1.54) is 62.6 Å². The Bertz CT molecular complexity index is 1810. The lowest BCUT2D eigenvalue weighted by atomic mass is 9.62. The molecule has 5 unspecified atom stereocenters. The van der Waals surface area contributed by atoms with Crippen LogP contribution < -0.4 is 21.1 Å². The molecule has 4 rings (SSSR count). The molecule has 0 aromatic heterocycles. The number of rotatable bonds is 11. The van der Waals surface area contributed by atoms with E-state index in [1.54, 1.807) is 0 Å². The van der Waals surface area contributed by atoms with Crippen molar-refractivity contribution in [1.29, 1.82) is 5.26 Å². The minimum atomic E-state index is -1.82. The normalized spacial score (nSPS) is 20.8. The predicted octanol–water partition coefficient (Wildman–Crippen LogP) is 6.29. The predicted molar refractivity (Wildman–Crippen MR) is 184 cm³/mol. The highest BCUT2D eigenvalue weighted by atomic mass is 35.5. The molecule has 1 amide bonds. The topological polar surface area (TPSA) is 153 Å². The van der Waals surface area contributed by atoms with Crippen molar-refractivity contribution in [3.05, 3.63) is 93.0 Å². The number of nitrogens with one attached hydrogen (secondary N) is 2. The minimum Gasteiger partial charge on any atom is -0.495 e. The van der Waals surface area contributed by atoms with Gasteiger partial charge in [0.25, 0.3) is 0 Å². The molecule has 14 heteroatoms. The quantitative estimate of drug-likeness (QED) is 0.153. The van der Waals surface area contributed by atoms with Gasteiger partial charge in [-0.25, -0.2) is 13.6 Å². The first-order chi connectivity index (χ1) is 23.5. The number of esters is 2. The Morgan fingerprint density at radius 1 is 1.08 bits per heavy atom. The van der Waals surface area contributed by atoms with Gasteiger partial charge in [-0.1, -0.05) is 62.2 Å². The average Bonchev–Trinajstić information content (AvgIpc) is 3.37. The number of nitrogens with two attached hydrogens (primary N) is 1. The summed E-state index contributed by atoms with van der Waals surface area (Å²) >= 11 is 12.3. The molecule has 5 atom stereocenters. The largest absolute Gasteiger partial charge is 0.495 e. The van der Waals surface area contributed by atoms with Crippen LogP contribution in [0.3, 0.4) is 0 Å². The lowest BCUT2D eigenvalue weighted by molar-refractivity contribution is -0.145. The summed E-state index contributed by atoms with van der Waals surface area (Å²) in [6, 6.07) is 11.6. The number of benzene rings is 3. The van der Waals surface area contributed by atoms with Gasteiger partial charge in [0.1, 0.15) is 42.1 Å². The van der Waals surface area contributed by atoms with E-state index < -0.39 is 64.4 Å². The molecule has 50 heavy (non-hydrogen) atoms. The highest BCUT2D eigenvalue weighted by Crippen LogP contribution is 2.53. The number of carbonyl (C=O) groups excluding carboxylic acids is 3. The maximum atomic E-state index is 16.0. The second-order valence-corrected chi connectivity index (χ2v) is 14.0. The van der Waals surface area contributed by atoms with E-state index in [0.717, 1.165) is 6.07 Å². The molecule has 1 aliphatic rings. The van der Waals surface area contributed by atoms with Crippen LogP contribution in [0.25, 0.3) is 0 Å². The molecule has 3 aromatic rings. The molecule has 1 saturated heterocycles. The summed E-state index contributed by atoms with van der Waals surface area (Å²) in [5.74, 6) is -4.92. The molecule has 1 heterocycles. The molecule has 266 valence electrons. The molecule has 1 aliphatic heterocycles. The summed E-state index contributed by atoms with van der Waals surface area (Å²) in [6.07, 6.45) is 0.287. The van der Waals surface area contributed by atoms with E-state index in [1.807, 2.05) is 20.8 Å². The first-order valence-corrected chi connectivity index (χ1v) is 16.4. The van der Waals surface area contributed by atoms with Crippen LogP contribution in [0.5, 0.6) is 5.75 Å². The van der Waals surface area contributed by atoms with Crippen molar-refractivity contribution in [1.82, 2.24) is 5.32 Å². The second kappa shape index (κ2) is 15.7. The standard InChI is InChI=1S/C36H38Cl2F2N4O6/c1-19(42)33(46)49-13-14-50-34(47)20-9-12-26(27(15-20)48-5)43-32(45)31-29(22-7-6-8-24(38)30(22)40)36(18-41,28(44-31)17-35(2,3)4)23-11-10-21(37)16-25(23)39/h6-12,15-16,19,28-29,31,44H,13-14,17,42H2,1-5H3,(H,43,45). The zero-order valence-corrected chi connectivity index (χ0v) is 29.6. The molecule has 0 spiro atoms. The summed E-state index contributed by atoms with van der Waals surface area (Å²) in [5, 5.41) is 16.9. The van der Waals surface area contributed by atoms with Gasteiger partial charge in [0.2, 0.25) is 5.91 Å². The fourth-order valence-electron chi connectivity index (χ4n) is 6.18. The zero-order chi connectivity index (χ0) is 37.0. The number of nitriles is 1. The van der Waals surface area contributed by atoms with Gasteiger partial charge < -0.3 is 30.6 Å². The molecule has 1 fully saturated rings. The Hall–Kier alpha value is -4.28. The highest BCUT2D eigenvalue weighted by Gasteiger charge is 2.61. The van der Waals surface area contributed by atoms with Gasteiger partial charge in [0.05, 0.1) is 35.5 Å².